The standard InChI is InChI=1S/C22H26O10S2/c1-15-3-7-17(8-4-15)33(23,24)31-11-19-21-22(30-14-29-21)20(28-13-27-19)12-32-34(25,26)18-9-5-16(2)6-10-18/h3-10,19-22H,11-14H2,1-2H3/t19-,20+,21-,22-/m1/s1. The highest BCUT2D eigenvalue weighted by molar-refractivity contribution is 7.87. The first kappa shape index (κ1) is 25.2. The molecule has 0 radical (unpaired) electrons. The molecule has 186 valence electrons. The summed E-state index contributed by atoms with van der Waals surface area (Å²) >= 11 is 0. The molecule has 0 amide bonds. The molecule has 0 unspecified atom stereocenters. The van der Waals surface area contributed by atoms with E-state index in [1.54, 1.807) is 24.3 Å². The molecule has 0 aliphatic carbocycles. The fourth-order valence-electron chi connectivity index (χ4n) is 3.57. The molecule has 2 aromatic rings. The topological polar surface area (TPSA) is 124 Å². The summed E-state index contributed by atoms with van der Waals surface area (Å²) in [7, 11) is -8.03. The van der Waals surface area contributed by atoms with E-state index < -0.39 is 44.7 Å². The van der Waals surface area contributed by atoms with Crippen molar-refractivity contribution in [2.45, 2.75) is 48.1 Å². The highest BCUT2D eigenvalue weighted by Gasteiger charge is 2.45. The third kappa shape index (κ3) is 5.83. The average Bonchev–Trinajstić information content (AvgIpc) is 3.22. The van der Waals surface area contributed by atoms with Crippen LogP contribution in [0, 0.1) is 13.8 Å². The second-order valence-electron chi connectivity index (χ2n) is 8.01. The quantitative estimate of drug-likeness (QED) is 0.483. The lowest BCUT2D eigenvalue weighted by atomic mass is 10.0. The van der Waals surface area contributed by atoms with E-state index in [2.05, 4.69) is 0 Å². The second-order valence-corrected chi connectivity index (χ2v) is 11.2. The molecule has 0 saturated carbocycles. The molecular formula is C22H26O10S2. The highest BCUT2D eigenvalue weighted by Crippen LogP contribution is 2.28. The number of ether oxygens (including phenoxy) is 4. The van der Waals surface area contributed by atoms with Crippen molar-refractivity contribution >= 4 is 20.2 Å². The van der Waals surface area contributed by atoms with Crippen LogP contribution in [-0.2, 0) is 47.5 Å². The van der Waals surface area contributed by atoms with Gasteiger partial charge in [0.05, 0.1) is 23.0 Å². The van der Waals surface area contributed by atoms with Gasteiger partial charge in [-0.25, -0.2) is 0 Å². The van der Waals surface area contributed by atoms with Gasteiger partial charge in [0, 0.05) is 0 Å². The predicted octanol–water partition coefficient (Wildman–Crippen LogP) is 1.90. The molecule has 0 aromatic heterocycles. The number of benzene rings is 2. The predicted molar refractivity (Wildman–Crippen MR) is 118 cm³/mol. The molecule has 2 aliphatic rings. The zero-order chi connectivity index (χ0) is 24.3. The van der Waals surface area contributed by atoms with Crippen LogP contribution < -0.4 is 0 Å². The monoisotopic (exact) mass is 514 g/mol. The van der Waals surface area contributed by atoms with Gasteiger partial charge in [-0.2, -0.15) is 16.8 Å². The van der Waals surface area contributed by atoms with Gasteiger partial charge < -0.3 is 18.9 Å². The summed E-state index contributed by atoms with van der Waals surface area (Å²) in [5, 5.41) is 0. The molecule has 10 nitrogen and oxygen atoms in total. The Balaban J connectivity index is 1.39. The van der Waals surface area contributed by atoms with Crippen molar-refractivity contribution in [1.29, 1.82) is 0 Å². The van der Waals surface area contributed by atoms with Crippen molar-refractivity contribution in [3.8, 4) is 0 Å². The second kappa shape index (κ2) is 10.4. The SMILES string of the molecule is Cc1ccc(S(=O)(=O)OC[C@@H]2OCO[C@H](COS(=O)(=O)c3ccc(C)cc3)[C@H]3OCO[C@@H]32)cc1. The van der Waals surface area contributed by atoms with Crippen molar-refractivity contribution in [2.24, 2.45) is 0 Å². The Morgan fingerprint density at radius 3 is 1.38 bits per heavy atom. The van der Waals surface area contributed by atoms with Crippen LogP contribution in [0.15, 0.2) is 58.3 Å². The molecule has 2 saturated heterocycles. The van der Waals surface area contributed by atoms with Crippen molar-refractivity contribution in [1.82, 2.24) is 0 Å². The molecule has 0 bridgehead atoms. The van der Waals surface area contributed by atoms with Crippen LogP contribution in [0.25, 0.3) is 0 Å². The fraction of sp³-hybridized carbons (Fsp3) is 0.455. The molecule has 0 N–H and O–H groups in total. The minimum Gasteiger partial charge on any atom is -0.347 e. The third-order valence-electron chi connectivity index (χ3n) is 5.54. The van der Waals surface area contributed by atoms with E-state index in [4.69, 9.17) is 27.3 Å². The first-order chi connectivity index (χ1) is 16.2. The van der Waals surface area contributed by atoms with E-state index in [9.17, 15) is 16.8 Å². The molecule has 2 heterocycles. The maximum Gasteiger partial charge on any atom is 0.297 e. The smallest absolute Gasteiger partial charge is 0.297 e. The van der Waals surface area contributed by atoms with E-state index >= 15 is 0 Å². The minimum atomic E-state index is -4.02. The Kier molecular flexibility index (Phi) is 7.69. The molecular weight excluding hydrogens is 488 g/mol. The Labute approximate surface area is 198 Å². The molecule has 4 rings (SSSR count). The maximum absolute atomic E-state index is 12.5. The van der Waals surface area contributed by atoms with Gasteiger partial charge >= 0.3 is 0 Å². The zero-order valence-corrected chi connectivity index (χ0v) is 20.3. The van der Waals surface area contributed by atoms with Crippen molar-refractivity contribution in [2.75, 3.05) is 26.8 Å². The molecule has 4 atom stereocenters. The fourth-order valence-corrected chi connectivity index (χ4v) is 5.41. The van der Waals surface area contributed by atoms with Crippen LogP contribution in [-0.4, -0.2) is 68.1 Å². The number of hydrogen-bond donors (Lipinski definition) is 0. The summed E-state index contributed by atoms with van der Waals surface area (Å²) in [5.41, 5.74) is 1.83. The number of rotatable bonds is 8. The molecule has 2 aliphatic heterocycles. The van der Waals surface area contributed by atoms with Gasteiger partial charge in [-0.3, -0.25) is 8.37 Å². The van der Waals surface area contributed by atoms with E-state index in [-0.39, 0.29) is 36.6 Å². The number of hydrogen-bond acceptors (Lipinski definition) is 10. The lowest BCUT2D eigenvalue weighted by Gasteiger charge is -2.25. The minimum absolute atomic E-state index is 0.0238. The molecule has 0 spiro atoms. The van der Waals surface area contributed by atoms with Gasteiger partial charge in [0.25, 0.3) is 20.2 Å². The van der Waals surface area contributed by atoms with Crippen LogP contribution in [0.2, 0.25) is 0 Å². The Morgan fingerprint density at radius 1 is 0.647 bits per heavy atom. The van der Waals surface area contributed by atoms with E-state index in [1.165, 1.54) is 24.3 Å². The van der Waals surface area contributed by atoms with Crippen molar-refractivity contribution < 1.29 is 44.1 Å². The van der Waals surface area contributed by atoms with Gasteiger partial charge in [0.2, 0.25) is 0 Å². The summed E-state index contributed by atoms with van der Waals surface area (Å²) in [6, 6.07) is 12.5. The summed E-state index contributed by atoms with van der Waals surface area (Å²) < 4.78 is 82.9. The van der Waals surface area contributed by atoms with Crippen molar-refractivity contribution in [3.05, 3.63) is 59.7 Å². The number of fused-ring (bicyclic) bond motifs is 1. The van der Waals surface area contributed by atoms with Gasteiger partial charge in [-0.15, -0.1) is 0 Å². The molecule has 12 heteroatoms. The van der Waals surface area contributed by atoms with Crippen LogP contribution in [0.1, 0.15) is 11.1 Å². The molecule has 34 heavy (non-hydrogen) atoms. The first-order valence-electron chi connectivity index (χ1n) is 10.5. The average molecular weight is 515 g/mol. The molecule has 2 aromatic carbocycles. The van der Waals surface area contributed by atoms with Crippen LogP contribution in [0.5, 0.6) is 0 Å². The normalized spacial score (nSPS) is 25.6. The molecule has 2 fully saturated rings. The van der Waals surface area contributed by atoms with E-state index in [1.807, 2.05) is 13.8 Å². The van der Waals surface area contributed by atoms with Crippen LogP contribution >= 0.6 is 0 Å². The summed E-state index contributed by atoms with van der Waals surface area (Å²) in [6.45, 7) is 2.68. The largest absolute Gasteiger partial charge is 0.347 e. The Bertz CT molecular complexity index is 1080. The van der Waals surface area contributed by atoms with Crippen molar-refractivity contribution in [3.63, 3.8) is 0 Å². The first-order valence-corrected chi connectivity index (χ1v) is 13.4. The lowest BCUT2D eigenvalue weighted by Crippen LogP contribution is -2.45. The summed E-state index contributed by atoms with van der Waals surface area (Å²) in [5.74, 6) is 0. The Hall–Kier alpha value is -1.90. The Morgan fingerprint density at radius 2 is 1.00 bits per heavy atom. The van der Waals surface area contributed by atoms with E-state index in [0.717, 1.165) is 11.1 Å². The lowest BCUT2D eigenvalue weighted by molar-refractivity contribution is -0.142. The summed E-state index contributed by atoms with van der Waals surface area (Å²) in [4.78, 5) is 0.0476. The van der Waals surface area contributed by atoms with Gasteiger partial charge in [0.1, 0.15) is 38.0 Å². The van der Waals surface area contributed by atoms with E-state index in [0.29, 0.717) is 0 Å². The maximum atomic E-state index is 12.5. The zero-order valence-electron chi connectivity index (χ0n) is 18.7. The van der Waals surface area contributed by atoms with Gasteiger partial charge in [-0.05, 0) is 38.1 Å². The van der Waals surface area contributed by atoms with Crippen LogP contribution in [0.4, 0.5) is 0 Å². The highest BCUT2D eigenvalue weighted by atomic mass is 32.2. The van der Waals surface area contributed by atoms with Crippen LogP contribution in [0.3, 0.4) is 0 Å². The summed E-state index contributed by atoms with van der Waals surface area (Å²) in [6.07, 6.45) is -3.14. The number of aryl methyl sites for hydroxylation is 2. The van der Waals surface area contributed by atoms with Gasteiger partial charge in [-0.1, -0.05) is 35.4 Å². The van der Waals surface area contributed by atoms with Gasteiger partial charge in [0.15, 0.2) is 0 Å². The third-order valence-corrected chi connectivity index (χ3v) is 8.13.